The summed E-state index contributed by atoms with van der Waals surface area (Å²) in [5.74, 6) is -1.27. The van der Waals surface area contributed by atoms with Gasteiger partial charge < -0.3 is 15.2 Å². The minimum atomic E-state index is -1.02. The Morgan fingerprint density at radius 3 is 1.59 bits per heavy atom. The van der Waals surface area contributed by atoms with Gasteiger partial charge in [-0.3, -0.25) is 14.4 Å². The van der Waals surface area contributed by atoms with Gasteiger partial charge in [0.25, 0.3) is 0 Å². The first-order chi connectivity index (χ1) is 21.5. The van der Waals surface area contributed by atoms with Crippen LogP contribution in [-0.4, -0.2) is 35.6 Å². The molecule has 0 heterocycles. The van der Waals surface area contributed by atoms with Crippen LogP contribution in [0.15, 0.2) is 24.3 Å². The number of carbonyl (C=O) groups excluding carboxylic acids is 2. The molecule has 0 aliphatic carbocycles. The first kappa shape index (κ1) is 41.9. The standard InChI is InChI=1S/C38H69NO5/c1-3-5-7-9-10-11-12-13-14-15-16-17-18-19-20-21-23-29-33-38(43)44-35(30-26-22-8-6-4-2)31-27-24-25-28-32-36(40)39-34-37(41)42/h11-12,14-15,35H,3-10,13,16-34H2,1-2H3,(H,39,40)(H,41,42)/b12-11-,15-14-. The fraction of sp³-hybridized carbons (Fsp3) is 0.816. The Labute approximate surface area is 271 Å². The molecular weight excluding hydrogens is 550 g/mol. The van der Waals surface area contributed by atoms with Crippen LogP contribution in [0.1, 0.15) is 187 Å². The molecule has 6 nitrogen and oxygen atoms in total. The summed E-state index contributed by atoms with van der Waals surface area (Å²) in [7, 11) is 0. The quantitative estimate of drug-likeness (QED) is 0.0433. The molecule has 0 aliphatic heterocycles. The van der Waals surface area contributed by atoms with Crippen LogP contribution < -0.4 is 5.32 Å². The zero-order chi connectivity index (χ0) is 32.4. The van der Waals surface area contributed by atoms with Gasteiger partial charge in [0.05, 0.1) is 0 Å². The lowest BCUT2D eigenvalue weighted by atomic mass is 10.0. The van der Waals surface area contributed by atoms with Crippen LogP contribution in [0.3, 0.4) is 0 Å². The lowest BCUT2D eigenvalue weighted by molar-refractivity contribution is -0.150. The zero-order valence-corrected chi connectivity index (χ0v) is 28.8. The number of amides is 1. The molecule has 0 aromatic rings. The summed E-state index contributed by atoms with van der Waals surface area (Å²) >= 11 is 0. The summed E-state index contributed by atoms with van der Waals surface area (Å²) in [6.07, 6.45) is 38.8. The predicted molar refractivity (Wildman–Crippen MR) is 185 cm³/mol. The molecule has 1 unspecified atom stereocenters. The first-order valence-electron chi connectivity index (χ1n) is 18.5. The van der Waals surface area contributed by atoms with E-state index in [9.17, 15) is 14.4 Å². The Balaban J connectivity index is 3.92. The highest BCUT2D eigenvalue weighted by molar-refractivity contribution is 5.80. The Bertz CT molecular complexity index is 733. The molecule has 0 fully saturated rings. The Morgan fingerprint density at radius 1 is 0.591 bits per heavy atom. The number of hydrogen-bond acceptors (Lipinski definition) is 4. The number of hydrogen-bond donors (Lipinski definition) is 2. The molecule has 2 N–H and O–H groups in total. The van der Waals surface area contributed by atoms with Crippen LogP contribution in [0.5, 0.6) is 0 Å². The van der Waals surface area contributed by atoms with E-state index in [4.69, 9.17) is 9.84 Å². The number of unbranched alkanes of at least 4 members (excludes halogenated alkanes) is 18. The molecule has 0 saturated heterocycles. The van der Waals surface area contributed by atoms with Crippen molar-refractivity contribution < 1.29 is 24.2 Å². The summed E-state index contributed by atoms with van der Waals surface area (Å²) in [5.41, 5.74) is 0. The van der Waals surface area contributed by atoms with E-state index in [0.717, 1.165) is 64.2 Å². The van der Waals surface area contributed by atoms with Crippen molar-refractivity contribution in [1.82, 2.24) is 5.32 Å². The van der Waals surface area contributed by atoms with E-state index in [1.54, 1.807) is 0 Å². The summed E-state index contributed by atoms with van der Waals surface area (Å²) in [6.45, 7) is 4.15. The Hall–Kier alpha value is -2.11. The van der Waals surface area contributed by atoms with Gasteiger partial charge in [-0.25, -0.2) is 0 Å². The third kappa shape index (κ3) is 32.8. The van der Waals surface area contributed by atoms with Gasteiger partial charge >= 0.3 is 11.9 Å². The van der Waals surface area contributed by atoms with Crippen LogP contribution in [0.2, 0.25) is 0 Å². The molecule has 6 heteroatoms. The number of aliphatic carboxylic acids is 1. The van der Waals surface area contributed by atoms with Crippen molar-refractivity contribution in [2.75, 3.05) is 6.54 Å². The van der Waals surface area contributed by atoms with Crippen molar-refractivity contribution in [3.05, 3.63) is 24.3 Å². The van der Waals surface area contributed by atoms with Gasteiger partial charge in [-0.15, -0.1) is 0 Å². The number of carboxylic acid groups (broad SMARTS) is 1. The minimum absolute atomic E-state index is 0.00335. The topological polar surface area (TPSA) is 92.7 Å². The van der Waals surface area contributed by atoms with E-state index < -0.39 is 5.97 Å². The fourth-order valence-corrected chi connectivity index (χ4v) is 5.37. The fourth-order valence-electron chi connectivity index (χ4n) is 5.37. The summed E-state index contributed by atoms with van der Waals surface area (Å²) < 4.78 is 5.92. The monoisotopic (exact) mass is 620 g/mol. The molecule has 0 aromatic heterocycles. The average molecular weight is 620 g/mol. The molecule has 0 aromatic carbocycles. The van der Waals surface area contributed by atoms with E-state index in [2.05, 4.69) is 43.5 Å². The highest BCUT2D eigenvalue weighted by Crippen LogP contribution is 2.18. The molecule has 256 valence electrons. The van der Waals surface area contributed by atoms with E-state index in [-0.39, 0.29) is 24.5 Å². The zero-order valence-electron chi connectivity index (χ0n) is 28.8. The molecule has 0 saturated carbocycles. The second-order valence-corrected chi connectivity index (χ2v) is 12.5. The maximum atomic E-state index is 12.6. The number of esters is 1. The van der Waals surface area contributed by atoms with Gasteiger partial charge in [-0.1, -0.05) is 128 Å². The van der Waals surface area contributed by atoms with E-state index in [1.165, 1.54) is 96.3 Å². The van der Waals surface area contributed by atoms with Gasteiger partial charge in [0.2, 0.25) is 5.91 Å². The third-order valence-corrected chi connectivity index (χ3v) is 8.13. The van der Waals surface area contributed by atoms with Gasteiger partial charge in [-0.2, -0.15) is 0 Å². The highest BCUT2D eigenvalue weighted by atomic mass is 16.5. The highest BCUT2D eigenvalue weighted by Gasteiger charge is 2.14. The van der Waals surface area contributed by atoms with Crippen molar-refractivity contribution in [2.45, 2.75) is 193 Å². The molecule has 0 radical (unpaired) electrons. The molecule has 0 rings (SSSR count). The molecule has 0 aliphatic rings. The van der Waals surface area contributed by atoms with E-state index in [0.29, 0.717) is 12.8 Å². The Kier molecular flexibility index (Phi) is 32.2. The van der Waals surface area contributed by atoms with Crippen LogP contribution in [0, 0.1) is 0 Å². The first-order valence-corrected chi connectivity index (χ1v) is 18.5. The predicted octanol–water partition coefficient (Wildman–Crippen LogP) is 10.8. The number of ether oxygens (including phenoxy) is 1. The van der Waals surface area contributed by atoms with Gasteiger partial charge in [0, 0.05) is 12.8 Å². The van der Waals surface area contributed by atoms with Crippen molar-refractivity contribution in [3.63, 3.8) is 0 Å². The lowest BCUT2D eigenvalue weighted by Crippen LogP contribution is -2.28. The third-order valence-electron chi connectivity index (χ3n) is 8.13. The van der Waals surface area contributed by atoms with Gasteiger partial charge in [0.15, 0.2) is 0 Å². The molecular formula is C38H69NO5. The van der Waals surface area contributed by atoms with Crippen LogP contribution >= 0.6 is 0 Å². The normalized spacial score (nSPS) is 12.2. The smallest absolute Gasteiger partial charge is 0.322 e. The van der Waals surface area contributed by atoms with Crippen molar-refractivity contribution >= 4 is 17.8 Å². The van der Waals surface area contributed by atoms with E-state index >= 15 is 0 Å². The number of carboxylic acids is 1. The summed E-state index contributed by atoms with van der Waals surface area (Å²) in [4.78, 5) is 34.7. The van der Waals surface area contributed by atoms with E-state index in [1.807, 2.05) is 0 Å². The number of nitrogens with one attached hydrogen (secondary N) is 1. The molecule has 1 atom stereocenters. The Morgan fingerprint density at radius 2 is 1.05 bits per heavy atom. The van der Waals surface area contributed by atoms with Crippen LogP contribution in [0.4, 0.5) is 0 Å². The maximum Gasteiger partial charge on any atom is 0.322 e. The summed E-state index contributed by atoms with van der Waals surface area (Å²) in [5, 5.41) is 11.0. The minimum Gasteiger partial charge on any atom is -0.480 e. The molecule has 44 heavy (non-hydrogen) atoms. The van der Waals surface area contributed by atoms with Crippen LogP contribution in [0.25, 0.3) is 0 Å². The summed E-state index contributed by atoms with van der Waals surface area (Å²) in [6, 6.07) is 0. The molecule has 0 spiro atoms. The van der Waals surface area contributed by atoms with Gasteiger partial charge in [0.1, 0.15) is 12.6 Å². The molecule has 1 amide bonds. The average Bonchev–Trinajstić information content (AvgIpc) is 3.00. The van der Waals surface area contributed by atoms with Crippen molar-refractivity contribution in [3.8, 4) is 0 Å². The number of carbonyl (C=O) groups is 3. The largest absolute Gasteiger partial charge is 0.480 e. The van der Waals surface area contributed by atoms with Gasteiger partial charge in [-0.05, 0) is 70.6 Å². The second-order valence-electron chi connectivity index (χ2n) is 12.5. The lowest BCUT2D eigenvalue weighted by Gasteiger charge is -2.18. The maximum absolute atomic E-state index is 12.6. The second kappa shape index (κ2) is 33.8. The van der Waals surface area contributed by atoms with Crippen molar-refractivity contribution in [1.29, 1.82) is 0 Å². The molecule has 0 bridgehead atoms. The van der Waals surface area contributed by atoms with Crippen molar-refractivity contribution in [2.24, 2.45) is 0 Å². The number of allylic oxidation sites excluding steroid dienone is 4. The van der Waals surface area contributed by atoms with Crippen LogP contribution in [-0.2, 0) is 19.1 Å². The SMILES string of the molecule is CCCCCC/C=C\C/C=C\CCCCCCCCCC(=O)OC(CCCCCCC)CCCCCCC(=O)NCC(=O)O. The number of rotatable bonds is 33.